The summed E-state index contributed by atoms with van der Waals surface area (Å²) in [7, 11) is 1.59. The maximum atomic E-state index is 12.3. The molecule has 3 heterocycles. The predicted molar refractivity (Wildman–Crippen MR) is 105 cm³/mol. The molecule has 0 radical (unpaired) electrons. The molecule has 0 bridgehead atoms. The van der Waals surface area contributed by atoms with Crippen molar-refractivity contribution in [2.75, 3.05) is 5.32 Å². The van der Waals surface area contributed by atoms with Crippen LogP contribution in [0.1, 0.15) is 10.4 Å². The first-order chi connectivity index (χ1) is 14.1. The zero-order valence-corrected chi connectivity index (χ0v) is 15.4. The number of aryl methyl sites for hydroxylation is 1. The van der Waals surface area contributed by atoms with Gasteiger partial charge in [0.25, 0.3) is 11.5 Å². The van der Waals surface area contributed by atoms with E-state index in [4.69, 9.17) is 4.74 Å². The van der Waals surface area contributed by atoms with Gasteiger partial charge in [0, 0.05) is 37.4 Å². The smallest absolute Gasteiger partial charge is 0.263 e. The Morgan fingerprint density at radius 3 is 2.66 bits per heavy atom. The van der Waals surface area contributed by atoms with Gasteiger partial charge in [-0.3, -0.25) is 9.59 Å². The molecule has 9 nitrogen and oxygen atoms in total. The van der Waals surface area contributed by atoms with Crippen molar-refractivity contribution in [1.82, 2.24) is 24.3 Å². The molecule has 29 heavy (non-hydrogen) atoms. The number of rotatable bonds is 5. The minimum absolute atomic E-state index is 0.0717. The highest BCUT2D eigenvalue weighted by atomic mass is 16.5. The Kier molecular flexibility index (Phi) is 4.85. The maximum absolute atomic E-state index is 12.3. The van der Waals surface area contributed by atoms with Crippen LogP contribution in [0.15, 0.2) is 78.2 Å². The van der Waals surface area contributed by atoms with Crippen LogP contribution in [0, 0.1) is 0 Å². The van der Waals surface area contributed by atoms with Gasteiger partial charge in [-0.15, -0.1) is 0 Å². The first kappa shape index (κ1) is 18.1. The van der Waals surface area contributed by atoms with Crippen molar-refractivity contribution in [2.24, 2.45) is 7.05 Å². The second-order valence-corrected chi connectivity index (χ2v) is 6.08. The van der Waals surface area contributed by atoms with Crippen molar-refractivity contribution < 1.29 is 9.53 Å². The fourth-order valence-electron chi connectivity index (χ4n) is 2.61. The van der Waals surface area contributed by atoms with Gasteiger partial charge in [-0.25, -0.2) is 14.6 Å². The molecule has 0 atom stereocenters. The van der Waals surface area contributed by atoms with E-state index in [0.717, 1.165) is 0 Å². The zero-order valence-electron chi connectivity index (χ0n) is 15.4. The second kappa shape index (κ2) is 7.77. The Hall–Kier alpha value is -4.27. The highest BCUT2D eigenvalue weighted by Gasteiger charge is 2.11. The van der Waals surface area contributed by atoms with Crippen LogP contribution in [-0.4, -0.2) is 30.2 Å². The molecule has 1 N–H and O–H groups in total. The third kappa shape index (κ3) is 4.03. The lowest BCUT2D eigenvalue weighted by Crippen LogP contribution is -2.26. The molecule has 9 heteroatoms. The van der Waals surface area contributed by atoms with Crippen LogP contribution in [0.4, 0.5) is 5.69 Å². The van der Waals surface area contributed by atoms with E-state index in [2.05, 4.69) is 20.4 Å². The minimum Gasteiger partial charge on any atom is -0.439 e. The fourth-order valence-corrected chi connectivity index (χ4v) is 2.61. The molecule has 4 aromatic rings. The molecule has 0 spiro atoms. The van der Waals surface area contributed by atoms with Crippen LogP contribution in [0.3, 0.4) is 0 Å². The molecule has 4 rings (SSSR count). The highest BCUT2D eigenvalue weighted by Crippen LogP contribution is 2.22. The third-order valence-corrected chi connectivity index (χ3v) is 4.07. The quantitative estimate of drug-likeness (QED) is 0.563. The minimum atomic E-state index is -0.473. The van der Waals surface area contributed by atoms with E-state index in [0.29, 0.717) is 23.1 Å². The van der Waals surface area contributed by atoms with Crippen LogP contribution >= 0.6 is 0 Å². The summed E-state index contributed by atoms with van der Waals surface area (Å²) < 4.78 is 8.69. The van der Waals surface area contributed by atoms with Crippen molar-refractivity contribution >= 4 is 11.6 Å². The summed E-state index contributed by atoms with van der Waals surface area (Å²) in [5, 5.41) is 6.82. The lowest BCUT2D eigenvalue weighted by Gasteiger charge is -2.08. The molecule has 0 saturated carbocycles. The van der Waals surface area contributed by atoms with Gasteiger partial charge in [-0.1, -0.05) is 0 Å². The molecular weight excluding hydrogens is 372 g/mol. The van der Waals surface area contributed by atoms with E-state index < -0.39 is 5.91 Å². The van der Waals surface area contributed by atoms with Crippen LogP contribution < -0.4 is 15.6 Å². The number of hydrogen-bond donors (Lipinski definition) is 1. The lowest BCUT2D eigenvalue weighted by molar-refractivity contribution is 0.102. The van der Waals surface area contributed by atoms with Crippen LogP contribution in [0.25, 0.3) is 5.82 Å². The number of nitrogens with one attached hydrogen (secondary N) is 1. The molecule has 0 aliphatic carbocycles. The van der Waals surface area contributed by atoms with Gasteiger partial charge in [-0.2, -0.15) is 5.10 Å². The third-order valence-electron chi connectivity index (χ3n) is 4.07. The Bertz CT molecular complexity index is 1200. The Morgan fingerprint density at radius 2 is 1.90 bits per heavy atom. The number of pyridine rings is 1. The molecule has 144 valence electrons. The average molecular weight is 388 g/mol. The molecular formula is C20H16N6O3. The largest absolute Gasteiger partial charge is 0.439 e. The van der Waals surface area contributed by atoms with Gasteiger partial charge in [0.05, 0.1) is 0 Å². The average Bonchev–Trinajstić information content (AvgIpc) is 3.27. The number of aromatic nitrogens is 5. The lowest BCUT2D eigenvalue weighted by atomic mass is 10.2. The van der Waals surface area contributed by atoms with Gasteiger partial charge in [0.2, 0.25) is 5.88 Å². The van der Waals surface area contributed by atoms with E-state index in [1.807, 2.05) is 0 Å². The molecule has 0 saturated heterocycles. The molecule has 3 aromatic heterocycles. The first-order valence-corrected chi connectivity index (χ1v) is 8.67. The zero-order chi connectivity index (χ0) is 20.2. The summed E-state index contributed by atoms with van der Waals surface area (Å²) in [6, 6.07) is 13.3. The molecule has 0 aliphatic rings. The number of benzene rings is 1. The molecule has 0 fully saturated rings. The van der Waals surface area contributed by atoms with Crippen LogP contribution in [-0.2, 0) is 7.05 Å². The van der Waals surface area contributed by atoms with Crippen molar-refractivity contribution in [3.05, 3.63) is 89.4 Å². The predicted octanol–water partition coefficient (Wildman–Crippen LogP) is 2.41. The SMILES string of the molecule is Cn1cccc(C(=O)Nc2ccc(Oc3cc(-n4cccn4)ncn3)cc2)c1=O. The molecule has 0 unspecified atom stereocenters. The monoisotopic (exact) mass is 388 g/mol. The first-order valence-electron chi connectivity index (χ1n) is 8.67. The number of hydrogen-bond acceptors (Lipinski definition) is 6. The number of carbonyl (C=O) groups excluding carboxylic acids is 1. The van der Waals surface area contributed by atoms with Crippen molar-refractivity contribution in [3.63, 3.8) is 0 Å². The van der Waals surface area contributed by atoms with Crippen LogP contribution in [0.2, 0.25) is 0 Å². The van der Waals surface area contributed by atoms with E-state index in [9.17, 15) is 9.59 Å². The highest BCUT2D eigenvalue weighted by molar-refractivity contribution is 6.03. The summed E-state index contributed by atoms with van der Waals surface area (Å²) in [6.45, 7) is 0. The Balaban J connectivity index is 1.46. The Labute approximate surface area is 165 Å². The summed E-state index contributed by atoms with van der Waals surface area (Å²) in [5.74, 6) is 0.992. The second-order valence-electron chi connectivity index (χ2n) is 6.08. The van der Waals surface area contributed by atoms with Gasteiger partial charge in [0.1, 0.15) is 17.6 Å². The molecule has 1 aromatic carbocycles. The van der Waals surface area contributed by atoms with E-state index in [-0.39, 0.29) is 11.1 Å². The summed E-state index contributed by atoms with van der Waals surface area (Å²) in [6.07, 6.45) is 6.40. The van der Waals surface area contributed by atoms with Gasteiger partial charge in [-0.05, 0) is 42.5 Å². The van der Waals surface area contributed by atoms with Crippen molar-refractivity contribution in [2.45, 2.75) is 0 Å². The number of anilines is 1. The van der Waals surface area contributed by atoms with Gasteiger partial charge < -0.3 is 14.6 Å². The summed E-state index contributed by atoms with van der Waals surface area (Å²) in [4.78, 5) is 32.6. The van der Waals surface area contributed by atoms with E-state index >= 15 is 0 Å². The van der Waals surface area contributed by atoms with Crippen molar-refractivity contribution in [1.29, 1.82) is 0 Å². The Morgan fingerprint density at radius 1 is 1.07 bits per heavy atom. The topological polar surface area (TPSA) is 104 Å². The van der Waals surface area contributed by atoms with Gasteiger partial charge in [0.15, 0.2) is 5.82 Å². The number of ether oxygens (including phenoxy) is 1. The van der Waals surface area contributed by atoms with Gasteiger partial charge >= 0.3 is 0 Å². The normalized spacial score (nSPS) is 10.5. The summed E-state index contributed by atoms with van der Waals surface area (Å²) in [5.41, 5.74) is 0.248. The number of carbonyl (C=O) groups is 1. The standard InChI is InChI=1S/C20H16N6O3/c1-25-10-2-4-16(20(25)28)19(27)24-14-5-7-15(8-6-14)29-18-12-17(21-13-22-18)26-11-3-9-23-26/h2-13H,1H3,(H,24,27). The van der Waals surface area contributed by atoms with Crippen molar-refractivity contribution in [3.8, 4) is 17.4 Å². The fraction of sp³-hybridized carbons (Fsp3) is 0.0500. The number of amides is 1. The van der Waals surface area contributed by atoms with Crippen LogP contribution in [0.5, 0.6) is 11.6 Å². The van der Waals surface area contributed by atoms with E-state index in [1.165, 1.54) is 17.0 Å². The summed E-state index contributed by atoms with van der Waals surface area (Å²) >= 11 is 0. The molecule has 1 amide bonds. The maximum Gasteiger partial charge on any atom is 0.263 e. The van der Waals surface area contributed by atoms with E-state index in [1.54, 1.807) is 72.8 Å². The number of nitrogens with zero attached hydrogens (tertiary/aromatic N) is 5. The molecule has 0 aliphatic heterocycles.